The zero-order valence-electron chi connectivity index (χ0n) is 11.7. The Hall–Kier alpha value is -1.05. The highest BCUT2D eigenvalue weighted by molar-refractivity contribution is 9.10. The molecule has 0 aliphatic carbocycles. The number of nitriles is 1. The molecule has 0 saturated carbocycles. The molecule has 0 amide bonds. The largest absolute Gasteiger partial charge is 0.474 e. The van der Waals surface area contributed by atoms with Crippen molar-refractivity contribution < 1.29 is 4.74 Å². The van der Waals surface area contributed by atoms with Gasteiger partial charge in [0, 0.05) is 12.1 Å². The number of hydrogen-bond donors (Lipinski definition) is 1. The third-order valence-corrected chi connectivity index (χ3v) is 3.32. The van der Waals surface area contributed by atoms with Gasteiger partial charge in [-0.15, -0.1) is 0 Å². The quantitative estimate of drug-likeness (QED) is 0.827. The predicted molar refractivity (Wildman–Crippen MR) is 81.0 cm³/mol. The van der Waals surface area contributed by atoms with Gasteiger partial charge in [0.1, 0.15) is 11.8 Å². The standard InChI is InChI=1S/C15H21BrN2O/c1-4-13(8-17)19-15-12(6-5-7-14(15)16)10-18-9-11(2)3/h5-7,11,13,18H,4,9-10H2,1-3H3. The molecule has 0 aliphatic heterocycles. The number of para-hydroxylation sites is 1. The smallest absolute Gasteiger partial charge is 0.184 e. The number of nitrogens with one attached hydrogen (secondary N) is 1. The highest BCUT2D eigenvalue weighted by Gasteiger charge is 2.13. The average Bonchev–Trinajstić information content (AvgIpc) is 2.38. The first-order chi connectivity index (χ1) is 9.08. The van der Waals surface area contributed by atoms with Crippen LogP contribution in [0.4, 0.5) is 0 Å². The van der Waals surface area contributed by atoms with Crippen LogP contribution in [0.15, 0.2) is 22.7 Å². The average molecular weight is 325 g/mol. The number of nitrogens with zero attached hydrogens (tertiary/aromatic N) is 1. The van der Waals surface area contributed by atoms with E-state index in [-0.39, 0.29) is 0 Å². The minimum absolute atomic E-state index is 0.400. The van der Waals surface area contributed by atoms with Crippen molar-refractivity contribution in [2.75, 3.05) is 6.54 Å². The Morgan fingerprint density at radius 2 is 2.16 bits per heavy atom. The van der Waals surface area contributed by atoms with Crippen LogP contribution in [-0.2, 0) is 6.54 Å². The van der Waals surface area contributed by atoms with E-state index < -0.39 is 6.10 Å². The summed E-state index contributed by atoms with van der Waals surface area (Å²) in [6, 6.07) is 8.11. The second-order valence-electron chi connectivity index (χ2n) is 4.90. The van der Waals surface area contributed by atoms with Gasteiger partial charge in [0.25, 0.3) is 0 Å². The lowest BCUT2D eigenvalue weighted by atomic mass is 10.1. The van der Waals surface area contributed by atoms with E-state index in [2.05, 4.69) is 41.2 Å². The molecule has 0 saturated heterocycles. The maximum atomic E-state index is 9.01. The van der Waals surface area contributed by atoms with Crippen LogP contribution in [0.1, 0.15) is 32.8 Å². The first kappa shape index (κ1) is 16.0. The third-order valence-electron chi connectivity index (χ3n) is 2.69. The summed E-state index contributed by atoms with van der Waals surface area (Å²) >= 11 is 3.49. The molecule has 1 N–H and O–H groups in total. The van der Waals surface area contributed by atoms with Crippen LogP contribution in [0.25, 0.3) is 0 Å². The molecule has 0 aliphatic rings. The molecule has 104 valence electrons. The van der Waals surface area contributed by atoms with Gasteiger partial charge in [-0.1, -0.05) is 32.9 Å². The van der Waals surface area contributed by atoms with E-state index in [0.717, 1.165) is 28.9 Å². The van der Waals surface area contributed by atoms with Crippen LogP contribution in [0.3, 0.4) is 0 Å². The maximum absolute atomic E-state index is 9.01. The van der Waals surface area contributed by atoms with Crippen molar-refractivity contribution in [2.45, 2.75) is 39.8 Å². The zero-order valence-corrected chi connectivity index (χ0v) is 13.3. The van der Waals surface area contributed by atoms with Gasteiger partial charge in [0.15, 0.2) is 6.10 Å². The Morgan fingerprint density at radius 3 is 2.74 bits per heavy atom. The second kappa shape index (κ2) is 8.19. The molecule has 0 bridgehead atoms. The van der Waals surface area contributed by atoms with E-state index in [0.29, 0.717) is 12.3 Å². The van der Waals surface area contributed by atoms with Gasteiger partial charge in [-0.05, 0) is 40.9 Å². The van der Waals surface area contributed by atoms with Crippen molar-refractivity contribution in [3.05, 3.63) is 28.2 Å². The number of halogens is 1. The molecule has 1 atom stereocenters. The zero-order chi connectivity index (χ0) is 14.3. The Labute approximate surface area is 124 Å². The monoisotopic (exact) mass is 324 g/mol. The molecule has 1 aromatic rings. The van der Waals surface area contributed by atoms with E-state index in [1.165, 1.54) is 0 Å². The van der Waals surface area contributed by atoms with E-state index in [1.807, 2.05) is 25.1 Å². The Morgan fingerprint density at radius 1 is 1.42 bits per heavy atom. The Bertz CT molecular complexity index is 440. The molecule has 3 nitrogen and oxygen atoms in total. The fourth-order valence-electron chi connectivity index (χ4n) is 1.66. The lowest BCUT2D eigenvalue weighted by molar-refractivity contribution is 0.247. The summed E-state index contributed by atoms with van der Waals surface area (Å²) in [7, 11) is 0. The van der Waals surface area contributed by atoms with Gasteiger partial charge in [-0.3, -0.25) is 0 Å². The van der Waals surface area contributed by atoms with Crippen LogP contribution in [0, 0.1) is 17.2 Å². The molecule has 0 radical (unpaired) electrons. The Kier molecular flexibility index (Phi) is 6.90. The summed E-state index contributed by atoms with van der Waals surface area (Å²) in [5.41, 5.74) is 1.07. The van der Waals surface area contributed by atoms with E-state index >= 15 is 0 Å². The molecule has 0 spiro atoms. The molecule has 1 rings (SSSR count). The molecule has 0 fully saturated rings. The summed E-state index contributed by atoms with van der Waals surface area (Å²) in [5.74, 6) is 1.38. The van der Waals surface area contributed by atoms with Gasteiger partial charge < -0.3 is 10.1 Å². The van der Waals surface area contributed by atoms with Gasteiger partial charge >= 0.3 is 0 Å². The van der Waals surface area contributed by atoms with Crippen molar-refractivity contribution in [3.8, 4) is 11.8 Å². The summed E-state index contributed by atoms with van der Waals surface area (Å²) < 4.78 is 6.68. The van der Waals surface area contributed by atoms with E-state index in [4.69, 9.17) is 10.00 Å². The van der Waals surface area contributed by atoms with Gasteiger partial charge in [0.2, 0.25) is 0 Å². The van der Waals surface area contributed by atoms with Crippen molar-refractivity contribution in [3.63, 3.8) is 0 Å². The molecule has 0 heterocycles. The number of ether oxygens (including phenoxy) is 1. The fraction of sp³-hybridized carbons (Fsp3) is 0.533. The van der Waals surface area contributed by atoms with Crippen LogP contribution in [-0.4, -0.2) is 12.6 Å². The third kappa shape index (κ3) is 5.22. The summed E-state index contributed by atoms with van der Waals surface area (Å²) in [5, 5.41) is 12.4. The van der Waals surface area contributed by atoms with Gasteiger partial charge in [0.05, 0.1) is 4.47 Å². The molecule has 1 unspecified atom stereocenters. The first-order valence-corrected chi connectivity index (χ1v) is 7.42. The van der Waals surface area contributed by atoms with Crippen LogP contribution < -0.4 is 10.1 Å². The van der Waals surface area contributed by atoms with Crippen molar-refractivity contribution in [1.82, 2.24) is 5.32 Å². The minimum Gasteiger partial charge on any atom is -0.474 e. The highest BCUT2D eigenvalue weighted by atomic mass is 79.9. The van der Waals surface area contributed by atoms with Crippen molar-refractivity contribution >= 4 is 15.9 Å². The second-order valence-corrected chi connectivity index (χ2v) is 5.75. The SMILES string of the molecule is CCC(C#N)Oc1c(Br)cccc1CNCC(C)C. The van der Waals surface area contributed by atoms with Crippen molar-refractivity contribution in [2.24, 2.45) is 5.92 Å². The molecule has 0 aromatic heterocycles. The first-order valence-electron chi connectivity index (χ1n) is 6.62. The number of benzene rings is 1. The van der Waals surface area contributed by atoms with Gasteiger partial charge in [-0.2, -0.15) is 5.26 Å². The van der Waals surface area contributed by atoms with Crippen LogP contribution in [0.5, 0.6) is 5.75 Å². The van der Waals surface area contributed by atoms with Crippen LogP contribution in [0.2, 0.25) is 0 Å². The number of rotatable bonds is 7. The molecule has 4 heteroatoms. The molecular formula is C15H21BrN2O. The molecular weight excluding hydrogens is 304 g/mol. The minimum atomic E-state index is -0.400. The van der Waals surface area contributed by atoms with Crippen molar-refractivity contribution in [1.29, 1.82) is 5.26 Å². The maximum Gasteiger partial charge on any atom is 0.184 e. The van der Waals surface area contributed by atoms with Gasteiger partial charge in [-0.25, -0.2) is 0 Å². The lowest BCUT2D eigenvalue weighted by Gasteiger charge is -2.17. The molecule has 19 heavy (non-hydrogen) atoms. The highest BCUT2D eigenvalue weighted by Crippen LogP contribution is 2.30. The summed E-state index contributed by atoms with van der Waals surface area (Å²) in [6.45, 7) is 8.00. The van der Waals surface area contributed by atoms with Crippen LogP contribution >= 0.6 is 15.9 Å². The Balaban J connectivity index is 2.80. The number of hydrogen-bond acceptors (Lipinski definition) is 3. The van der Waals surface area contributed by atoms with E-state index in [1.54, 1.807) is 0 Å². The summed E-state index contributed by atoms with van der Waals surface area (Å²) in [4.78, 5) is 0. The van der Waals surface area contributed by atoms with E-state index in [9.17, 15) is 0 Å². The summed E-state index contributed by atoms with van der Waals surface area (Å²) in [6.07, 6.45) is 0.277. The predicted octanol–water partition coefficient (Wildman–Crippen LogP) is 3.88. The molecule has 1 aromatic carbocycles. The fourth-order valence-corrected chi connectivity index (χ4v) is 2.16. The lowest BCUT2D eigenvalue weighted by Crippen LogP contribution is -2.20. The normalized spacial score (nSPS) is 12.2. The topological polar surface area (TPSA) is 45.0 Å².